The molecular weight excluding hydrogens is 274 g/mol. The summed E-state index contributed by atoms with van der Waals surface area (Å²) in [6, 6.07) is 0.232. The molecule has 1 saturated heterocycles. The van der Waals surface area contributed by atoms with Crippen LogP contribution in [-0.4, -0.2) is 29.1 Å². The van der Waals surface area contributed by atoms with Crippen LogP contribution in [0.5, 0.6) is 0 Å². The maximum atomic E-state index is 6.22. The molecule has 0 bridgehead atoms. The molecule has 0 radical (unpaired) electrons. The van der Waals surface area contributed by atoms with Gasteiger partial charge in [-0.15, -0.1) is 0 Å². The van der Waals surface area contributed by atoms with Crippen LogP contribution in [0.3, 0.4) is 0 Å². The molecule has 2 aliphatic carbocycles. The van der Waals surface area contributed by atoms with E-state index in [0.29, 0.717) is 11.9 Å². The molecule has 5 nitrogen and oxygen atoms in total. The first kappa shape index (κ1) is 14.2. The number of fused-ring (bicyclic) bond motifs is 2. The average Bonchev–Trinajstić information content (AvgIpc) is 3.08. The van der Waals surface area contributed by atoms with E-state index in [1.54, 1.807) is 0 Å². The van der Waals surface area contributed by atoms with Gasteiger partial charge >= 0.3 is 0 Å². The number of nitrogens with two attached hydrogens (primary N) is 2. The fraction of sp³-hybridized carbons (Fsp3) is 0.765. The Morgan fingerprint density at radius 3 is 2.50 bits per heavy atom. The highest BCUT2D eigenvalue weighted by atomic mass is 15.2. The van der Waals surface area contributed by atoms with Crippen molar-refractivity contribution in [3.63, 3.8) is 0 Å². The Hall–Kier alpha value is -1.36. The van der Waals surface area contributed by atoms with Crippen LogP contribution in [0.15, 0.2) is 0 Å². The first-order chi connectivity index (χ1) is 10.6. The van der Waals surface area contributed by atoms with Crippen molar-refractivity contribution in [2.24, 2.45) is 11.7 Å². The van der Waals surface area contributed by atoms with Crippen LogP contribution < -0.4 is 16.4 Å². The Labute approximate surface area is 132 Å². The molecule has 1 saturated carbocycles. The third-order valence-corrected chi connectivity index (χ3v) is 6.12. The minimum Gasteiger partial charge on any atom is -0.368 e. The van der Waals surface area contributed by atoms with E-state index in [4.69, 9.17) is 16.5 Å². The van der Waals surface area contributed by atoms with Crippen molar-refractivity contribution in [1.29, 1.82) is 0 Å². The molecular formula is C17H27N5. The number of nitrogens with zero attached hydrogens (tertiary/aromatic N) is 3. The summed E-state index contributed by atoms with van der Waals surface area (Å²) in [6.45, 7) is 4.09. The van der Waals surface area contributed by atoms with Gasteiger partial charge in [0, 0.05) is 30.1 Å². The second-order valence-electron chi connectivity index (χ2n) is 7.62. The minimum atomic E-state index is 0.232. The van der Waals surface area contributed by atoms with Gasteiger partial charge in [0.15, 0.2) is 0 Å². The van der Waals surface area contributed by atoms with Gasteiger partial charge in [0.25, 0.3) is 0 Å². The molecule has 3 aliphatic rings. The summed E-state index contributed by atoms with van der Waals surface area (Å²) >= 11 is 0. The molecule has 1 spiro atoms. The van der Waals surface area contributed by atoms with Gasteiger partial charge in [0.1, 0.15) is 5.82 Å². The quantitative estimate of drug-likeness (QED) is 0.829. The van der Waals surface area contributed by atoms with E-state index in [0.717, 1.165) is 25.3 Å². The molecule has 120 valence electrons. The number of aromatic nitrogens is 2. The normalized spacial score (nSPS) is 30.0. The first-order valence-corrected chi connectivity index (χ1v) is 8.76. The van der Waals surface area contributed by atoms with Crippen LogP contribution >= 0.6 is 0 Å². The van der Waals surface area contributed by atoms with Gasteiger partial charge in [0.05, 0.1) is 5.69 Å². The standard InChI is InChI=1S/C17H27N5/c1-11-9-22(10-13(11)18)15-12-5-4-8-17(6-2-3-7-17)14(12)20-16(19)21-15/h11,13H,2-10,18H2,1H3,(H2,19,20,21)/t11-,13-/m1/s1. The molecule has 2 heterocycles. The predicted octanol–water partition coefficient (Wildman–Crippen LogP) is 1.99. The highest BCUT2D eigenvalue weighted by Gasteiger charge is 2.42. The zero-order valence-corrected chi connectivity index (χ0v) is 13.5. The molecule has 4 rings (SSSR count). The Morgan fingerprint density at radius 1 is 1.09 bits per heavy atom. The second kappa shape index (κ2) is 5.08. The molecule has 1 aromatic heterocycles. The Balaban J connectivity index is 1.79. The van der Waals surface area contributed by atoms with E-state index in [9.17, 15) is 0 Å². The lowest BCUT2D eigenvalue weighted by Crippen LogP contribution is -2.34. The Bertz CT molecular complexity index is 569. The molecule has 22 heavy (non-hydrogen) atoms. The topological polar surface area (TPSA) is 81.1 Å². The number of rotatable bonds is 1. The molecule has 4 N–H and O–H groups in total. The van der Waals surface area contributed by atoms with E-state index < -0.39 is 0 Å². The van der Waals surface area contributed by atoms with Crippen LogP contribution in [-0.2, 0) is 11.8 Å². The van der Waals surface area contributed by atoms with Crippen molar-refractivity contribution in [2.75, 3.05) is 23.7 Å². The lowest BCUT2D eigenvalue weighted by atomic mass is 9.71. The third kappa shape index (κ3) is 2.09. The number of nitrogen functional groups attached to an aromatic ring is 1. The lowest BCUT2D eigenvalue weighted by molar-refractivity contribution is 0.357. The maximum Gasteiger partial charge on any atom is 0.222 e. The van der Waals surface area contributed by atoms with E-state index in [2.05, 4.69) is 16.8 Å². The van der Waals surface area contributed by atoms with E-state index >= 15 is 0 Å². The van der Waals surface area contributed by atoms with Crippen LogP contribution in [0, 0.1) is 5.92 Å². The summed E-state index contributed by atoms with van der Waals surface area (Å²) in [5.74, 6) is 2.03. The minimum absolute atomic E-state index is 0.232. The largest absolute Gasteiger partial charge is 0.368 e. The summed E-state index contributed by atoms with van der Waals surface area (Å²) in [5, 5.41) is 0. The Morgan fingerprint density at radius 2 is 1.82 bits per heavy atom. The van der Waals surface area contributed by atoms with Crippen LogP contribution in [0.4, 0.5) is 11.8 Å². The fourth-order valence-corrected chi connectivity index (χ4v) is 4.84. The van der Waals surface area contributed by atoms with Crippen molar-refractivity contribution >= 4 is 11.8 Å². The van der Waals surface area contributed by atoms with Crippen LogP contribution in [0.2, 0.25) is 0 Å². The summed E-state index contributed by atoms with van der Waals surface area (Å²) in [4.78, 5) is 11.7. The average molecular weight is 301 g/mol. The van der Waals surface area contributed by atoms with Crippen molar-refractivity contribution < 1.29 is 0 Å². The number of hydrogen-bond acceptors (Lipinski definition) is 5. The smallest absolute Gasteiger partial charge is 0.222 e. The van der Waals surface area contributed by atoms with E-state index in [1.807, 2.05) is 0 Å². The third-order valence-electron chi connectivity index (χ3n) is 6.12. The summed E-state index contributed by atoms with van der Waals surface area (Å²) in [6.07, 6.45) is 8.80. The van der Waals surface area contributed by atoms with Gasteiger partial charge in [-0.25, -0.2) is 4.98 Å². The second-order valence-corrected chi connectivity index (χ2v) is 7.62. The summed E-state index contributed by atoms with van der Waals surface area (Å²) < 4.78 is 0. The molecule has 1 aliphatic heterocycles. The summed E-state index contributed by atoms with van der Waals surface area (Å²) in [5.41, 5.74) is 15.2. The van der Waals surface area contributed by atoms with Gasteiger partial charge in [0.2, 0.25) is 5.95 Å². The van der Waals surface area contributed by atoms with Gasteiger partial charge < -0.3 is 16.4 Å². The van der Waals surface area contributed by atoms with Gasteiger partial charge in [-0.3, -0.25) is 0 Å². The van der Waals surface area contributed by atoms with Crippen LogP contribution in [0.1, 0.15) is 56.7 Å². The molecule has 2 atom stereocenters. The van der Waals surface area contributed by atoms with Crippen molar-refractivity contribution in [2.45, 2.75) is 63.3 Å². The molecule has 0 amide bonds. The van der Waals surface area contributed by atoms with Gasteiger partial charge in [-0.2, -0.15) is 4.98 Å². The first-order valence-electron chi connectivity index (χ1n) is 8.76. The monoisotopic (exact) mass is 301 g/mol. The van der Waals surface area contributed by atoms with Crippen molar-refractivity contribution in [3.8, 4) is 0 Å². The molecule has 0 aromatic carbocycles. The molecule has 1 aromatic rings. The molecule has 0 unspecified atom stereocenters. The number of anilines is 2. The SMILES string of the molecule is C[C@@H]1CN(c2nc(N)nc3c2CCCC32CCCC2)C[C@H]1N. The van der Waals surface area contributed by atoms with Crippen LogP contribution in [0.25, 0.3) is 0 Å². The zero-order chi connectivity index (χ0) is 15.3. The van der Waals surface area contributed by atoms with Crippen molar-refractivity contribution in [3.05, 3.63) is 11.3 Å². The molecule has 2 fully saturated rings. The van der Waals surface area contributed by atoms with E-state index in [-0.39, 0.29) is 11.5 Å². The summed E-state index contributed by atoms with van der Waals surface area (Å²) in [7, 11) is 0. The molecule has 5 heteroatoms. The Kier molecular flexibility index (Phi) is 3.29. The predicted molar refractivity (Wildman–Crippen MR) is 88.9 cm³/mol. The van der Waals surface area contributed by atoms with E-state index in [1.165, 1.54) is 49.8 Å². The fourth-order valence-electron chi connectivity index (χ4n) is 4.84. The maximum absolute atomic E-state index is 6.22. The highest BCUT2D eigenvalue weighted by Crippen LogP contribution is 2.49. The highest BCUT2D eigenvalue weighted by molar-refractivity contribution is 5.56. The van der Waals surface area contributed by atoms with Gasteiger partial charge in [-0.1, -0.05) is 19.8 Å². The zero-order valence-electron chi connectivity index (χ0n) is 13.5. The van der Waals surface area contributed by atoms with Crippen molar-refractivity contribution in [1.82, 2.24) is 9.97 Å². The lowest BCUT2D eigenvalue weighted by Gasteiger charge is -2.36. The van der Waals surface area contributed by atoms with Gasteiger partial charge in [-0.05, 0) is 38.0 Å². The number of hydrogen-bond donors (Lipinski definition) is 2.